The van der Waals surface area contributed by atoms with Crippen LogP contribution in [0.1, 0.15) is 5.56 Å². The van der Waals surface area contributed by atoms with Crippen LogP contribution in [0.3, 0.4) is 0 Å². The van der Waals surface area contributed by atoms with E-state index in [9.17, 15) is 0 Å². The number of nitrogens with zero attached hydrogens (tertiary/aromatic N) is 2. The van der Waals surface area contributed by atoms with Crippen molar-refractivity contribution in [3.8, 4) is 6.07 Å². The van der Waals surface area contributed by atoms with Gasteiger partial charge in [0.05, 0.1) is 11.6 Å². The molecule has 15 heavy (non-hydrogen) atoms. The summed E-state index contributed by atoms with van der Waals surface area (Å²) in [4.78, 5) is 0. The fourth-order valence-corrected chi connectivity index (χ4v) is 1.70. The molecule has 1 aromatic carbocycles. The Balaban J connectivity index is 2.79. The summed E-state index contributed by atoms with van der Waals surface area (Å²) in [5.41, 5.74) is 1.80. The molecule has 0 aliphatic rings. The third-order valence-corrected chi connectivity index (χ3v) is 2.43. The van der Waals surface area contributed by atoms with E-state index in [1.165, 1.54) is 0 Å². The first-order valence-electron chi connectivity index (χ1n) is 4.48. The molecule has 5 heteroatoms. The number of hydrogen-bond acceptors (Lipinski definition) is 3. The highest BCUT2D eigenvalue weighted by atomic mass is 16.4. The highest BCUT2D eigenvalue weighted by Crippen LogP contribution is 2.14. The van der Waals surface area contributed by atoms with Crippen LogP contribution in [0.4, 0.5) is 0 Å². The van der Waals surface area contributed by atoms with Crippen LogP contribution < -0.4 is 5.46 Å². The molecular formula is C10H9BN2O2. The Bertz CT molecular complexity index is 554. The molecule has 0 atom stereocenters. The quantitative estimate of drug-likeness (QED) is 0.622. The van der Waals surface area contributed by atoms with Gasteiger partial charge in [0, 0.05) is 29.6 Å². The van der Waals surface area contributed by atoms with Crippen molar-refractivity contribution in [2.24, 2.45) is 7.05 Å². The van der Waals surface area contributed by atoms with Gasteiger partial charge in [0.15, 0.2) is 0 Å². The van der Waals surface area contributed by atoms with Crippen molar-refractivity contribution in [1.82, 2.24) is 4.57 Å². The van der Waals surface area contributed by atoms with E-state index >= 15 is 0 Å². The molecule has 0 aliphatic heterocycles. The van der Waals surface area contributed by atoms with Crippen LogP contribution in [0.2, 0.25) is 0 Å². The van der Waals surface area contributed by atoms with Crippen molar-refractivity contribution in [3.05, 3.63) is 30.0 Å². The summed E-state index contributed by atoms with van der Waals surface area (Å²) in [5.74, 6) is 0. The van der Waals surface area contributed by atoms with Gasteiger partial charge in [-0.25, -0.2) is 0 Å². The Kier molecular flexibility index (Phi) is 2.23. The van der Waals surface area contributed by atoms with Gasteiger partial charge in [-0.3, -0.25) is 0 Å². The number of benzene rings is 1. The maximum atomic E-state index is 9.16. The standard InChI is InChI=1S/C10H9BN2O2/c1-13-6-9(11(14)15)8-4-7(5-12)2-3-10(8)13/h2-4,6,14-15H,1H3. The van der Waals surface area contributed by atoms with E-state index in [2.05, 4.69) is 0 Å². The lowest BCUT2D eigenvalue weighted by molar-refractivity contribution is 0.426. The van der Waals surface area contributed by atoms with E-state index in [-0.39, 0.29) is 0 Å². The smallest absolute Gasteiger partial charge is 0.423 e. The van der Waals surface area contributed by atoms with Gasteiger partial charge in [-0.05, 0) is 18.2 Å². The normalized spacial score (nSPS) is 10.3. The van der Waals surface area contributed by atoms with Crippen LogP contribution in [-0.2, 0) is 7.05 Å². The lowest BCUT2D eigenvalue weighted by atomic mass is 9.80. The van der Waals surface area contributed by atoms with Crippen molar-refractivity contribution < 1.29 is 10.0 Å². The Morgan fingerprint density at radius 3 is 2.73 bits per heavy atom. The lowest BCUT2D eigenvalue weighted by Crippen LogP contribution is -2.29. The van der Waals surface area contributed by atoms with Gasteiger partial charge in [0.25, 0.3) is 0 Å². The van der Waals surface area contributed by atoms with Gasteiger partial charge < -0.3 is 14.6 Å². The van der Waals surface area contributed by atoms with Crippen molar-refractivity contribution in [3.63, 3.8) is 0 Å². The molecular weight excluding hydrogens is 191 g/mol. The average molecular weight is 200 g/mol. The summed E-state index contributed by atoms with van der Waals surface area (Å²) in [6.45, 7) is 0. The van der Waals surface area contributed by atoms with Gasteiger partial charge in [-0.15, -0.1) is 0 Å². The zero-order valence-electron chi connectivity index (χ0n) is 8.18. The predicted molar refractivity (Wildman–Crippen MR) is 57.5 cm³/mol. The maximum Gasteiger partial charge on any atom is 0.490 e. The van der Waals surface area contributed by atoms with Crippen LogP contribution in [0, 0.1) is 11.3 Å². The summed E-state index contributed by atoms with van der Waals surface area (Å²) >= 11 is 0. The third-order valence-electron chi connectivity index (χ3n) is 2.43. The van der Waals surface area contributed by atoms with Crippen molar-refractivity contribution in [2.45, 2.75) is 0 Å². The first kappa shape index (κ1) is 9.78. The van der Waals surface area contributed by atoms with E-state index in [0.29, 0.717) is 16.4 Å². The van der Waals surface area contributed by atoms with E-state index < -0.39 is 7.12 Å². The summed E-state index contributed by atoms with van der Waals surface area (Å²) in [6.07, 6.45) is 1.65. The Morgan fingerprint density at radius 2 is 2.13 bits per heavy atom. The highest BCUT2D eigenvalue weighted by Gasteiger charge is 2.17. The topological polar surface area (TPSA) is 69.2 Å². The number of fused-ring (bicyclic) bond motifs is 1. The molecule has 2 N–H and O–H groups in total. The fraction of sp³-hybridized carbons (Fsp3) is 0.100. The molecule has 74 valence electrons. The van der Waals surface area contributed by atoms with Crippen LogP contribution in [0.15, 0.2) is 24.4 Å². The van der Waals surface area contributed by atoms with Gasteiger partial charge in [-0.2, -0.15) is 5.26 Å². The molecule has 0 unspecified atom stereocenters. The summed E-state index contributed by atoms with van der Waals surface area (Å²) in [7, 11) is 0.308. The molecule has 0 fully saturated rings. The SMILES string of the molecule is Cn1cc(B(O)O)c2cc(C#N)ccc21. The minimum atomic E-state index is -1.51. The first-order valence-corrected chi connectivity index (χ1v) is 4.48. The molecule has 1 heterocycles. The molecule has 0 radical (unpaired) electrons. The van der Waals surface area contributed by atoms with E-state index in [0.717, 1.165) is 5.52 Å². The number of nitriles is 1. The summed E-state index contributed by atoms with van der Waals surface area (Å²) < 4.78 is 1.80. The second kappa shape index (κ2) is 3.42. The molecule has 0 aliphatic carbocycles. The van der Waals surface area contributed by atoms with Crippen LogP contribution in [0.5, 0.6) is 0 Å². The van der Waals surface area contributed by atoms with Gasteiger partial charge >= 0.3 is 7.12 Å². The van der Waals surface area contributed by atoms with E-state index in [1.54, 1.807) is 29.0 Å². The van der Waals surface area contributed by atoms with Gasteiger partial charge in [0.1, 0.15) is 0 Å². The number of hydrogen-bond donors (Lipinski definition) is 2. The zero-order valence-corrected chi connectivity index (χ0v) is 8.18. The largest absolute Gasteiger partial charge is 0.490 e. The number of rotatable bonds is 1. The highest BCUT2D eigenvalue weighted by molar-refractivity contribution is 6.62. The Labute approximate surface area is 87.1 Å². The average Bonchev–Trinajstić information content (AvgIpc) is 2.56. The summed E-state index contributed by atoms with van der Waals surface area (Å²) in [6, 6.07) is 7.17. The molecule has 0 saturated heterocycles. The summed E-state index contributed by atoms with van der Waals surface area (Å²) in [5, 5.41) is 27.8. The Morgan fingerprint density at radius 1 is 1.40 bits per heavy atom. The van der Waals surface area contributed by atoms with E-state index in [4.69, 9.17) is 15.3 Å². The van der Waals surface area contributed by atoms with Crippen LogP contribution in [0.25, 0.3) is 10.9 Å². The predicted octanol–water partition coefficient (Wildman–Crippen LogP) is -0.270. The second-order valence-electron chi connectivity index (χ2n) is 3.41. The maximum absolute atomic E-state index is 9.16. The van der Waals surface area contributed by atoms with Crippen molar-refractivity contribution in [2.75, 3.05) is 0 Å². The minimum absolute atomic E-state index is 0.421. The molecule has 1 aromatic heterocycles. The van der Waals surface area contributed by atoms with Crippen molar-refractivity contribution >= 4 is 23.5 Å². The first-order chi connectivity index (χ1) is 7.13. The molecule has 2 rings (SSSR count). The lowest BCUT2D eigenvalue weighted by Gasteiger charge is -1.97. The molecule has 0 amide bonds. The zero-order chi connectivity index (χ0) is 11.0. The molecule has 0 saturated carbocycles. The second-order valence-corrected chi connectivity index (χ2v) is 3.41. The van der Waals surface area contributed by atoms with Crippen LogP contribution in [-0.4, -0.2) is 21.7 Å². The van der Waals surface area contributed by atoms with Gasteiger partial charge in [0.2, 0.25) is 0 Å². The van der Waals surface area contributed by atoms with Crippen molar-refractivity contribution in [1.29, 1.82) is 5.26 Å². The fourth-order valence-electron chi connectivity index (χ4n) is 1.70. The minimum Gasteiger partial charge on any atom is -0.423 e. The van der Waals surface area contributed by atoms with Crippen LogP contribution >= 0.6 is 0 Å². The van der Waals surface area contributed by atoms with Gasteiger partial charge in [-0.1, -0.05) is 0 Å². The monoisotopic (exact) mass is 200 g/mol. The number of aryl methyl sites for hydroxylation is 1. The number of aromatic nitrogens is 1. The molecule has 2 aromatic rings. The van der Waals surface area contributed by atoms with E-state index in [1.807, 2.05) is 13.1 Å². The molecule has 4 nitrogen and oxygen atoms in total. The molecule has 0 bridgehead atoms. The Hall–Kier alpha value is -1.77. The molecule has 0 spiro atoms. The third kappa shape index (κ3) is 1.50.